The molecular weight excluding hydrogens is 445 g/mol. The predicted octanol–water partition coefficient (Wildman–Crippen LogP) is 0.507. The molecule has 0 saturated carbocycles. The van der Waals surface area contributed by atoms with Crippen molar-refractivity contribution in [3.8, 4) is 23.5 Å². The lowest BCUT2D eigenvalue weighted by molar-refractivity contribution is -0.123. The molecule has 0 bridgehead atoms. The second-order valence-corrected chi connectivity index (χ2v) is 7.69. The van der Waals surface area contributed by atoms with E-state index >= 15 is 0 Å². The summed E-state index contributed by atoms with van der Waals surface area (Å²) in [6.07, 6.45) is 0.373. The molecule has 3 atom stereocenters. The van der Waals surface area contributed by atoms with E-state index < -0.39 is 29.9 Å². The Balaban J connectivity index is 1.75. The molecule has 0 unspecified atom stereocenters. The van der Waals surface area contributed by atoms with Gasteiger partial charge in [-0.1, -0.05) is 17.9 Å². The number of methoxy groups -OCH3 is 1. The van der Waals surface area contributed by atoms with Crippen LogP contribution in [0.15, 0.2) is 18.3 Å². The Bertz CT molecular complexity index is 1330. The van der Waals surface area contributed by atoms with Crippen molar-refractivity contribution in [1.82, 2.24) is 30.5 Å². The first-order valence-corrected chi connectivity index (χ1v) is 10.5. The summed E-state index contributed by atoms with van der Waals surface area (Å²) in [5, 5.41) is 15.2. The molecule has 1 fully saturated rings. The van der Waals surface area contributed by atoms with Gasteiger partial charge in [0.25, 0.3) is 11.8 Å². The fraction of sp³-hybridized carbons (Fsp3) is 0.364. The van der Waals surface area contributed by atoms with E-state index in [-0.39, 0.29) is 29.6 Å². The van der Waals surface area contributed by atoms with E-state index in [2.05, 4.69) is 37.6 Å². The number of alkyl halides is 1. The van der Waals surface area contributed by atoms with Crippen LogP contribution in [0.4, 0.5) is 4.39 Å². The minimum Gasteiger partial charge on any atom is -0.496 e. The molecule has 4 rings (SSSR count). The van der Waals surface area contributed by atoms with Crippen molar-refractivity contribution in [2.75, 3.05) is 13.7 Å². The molecule has 3 N–H and O–H groups in total. The van der Waals surface area contributed by atoms with Gasteiger partial charge in [-0.3, -0.25) is 9.59 Å². The molecule has 0 radical (unpaired) electrons. The van der Waals surface area contributed by atoms with Crippen LogP contribution in [0.2, 0.25) is 0 Å². The summed E-state index contributed by atoms with van der Waals surface area (Å²) in [5.74, 6) is 4.55. The smallest absolute Gasteiger partial charge is 0.255 e. The summed E-state index contributed by atoms with van der Waals surface area (Å²) in [5.41, 5.74) is 6.14. The topological polar surface area (TPSA) is 147 Å². The molecule has 34 heavy (non-hydrogen) atoms. The summed E-state index contributed by atoms with van der Waals surface area (Å²) < 4.78 is 25.4. The Kier molecular flexibility index (Phi) is 6.27. The molecule has 3 aromatic rings. The molecule has 1 aliphatic heterocycles. The van der Waals surface area contributed by atoms with Gasteiger partial charge in [0.05, 0.1) is 31.3 Å². The lowest BCUT2D eigenvalue weighted by Crippen LogP contribution is -2.34. The average Bonchev–Trinajstić information content (AvgIpc) is 3.36. The van der Waals surface area contributed by atoms with Crippen LogP contribution >= 0.6 is 0 Å². The third kappa shape index (κ3) is 4.32. The number of primary amides is 1. The van der Waals surface area contributed by atoms with E-state index in [1.54, 1.807) is 19.2 Å². The maximum atomic E-state index is 14.1. The largest absolute Gasteiger partial charge is 0.496 e. The number of ether oxygens (including phenoxy) is 2. The first-order chi connectivity index (χ1) is 16.3. The number of nitrogens with zero attached hydrogens (tertiary/aromatic N) is 5. The van der Waals surface area contributed by atoms with Gasteiger partial charge in [-0.05, 0) is 29.7 Å². The van der Waals surface area contributed by atoms with Gasteiger partial charge in [0.1, 0.15) is 12.4 Å². The predicted molar refractivity (Wildman–Crippen MR) is 118 cm³/mol. The fourth-order valence-electron chi connectivity index (χ4n) is 3.87. The number of carbonyl (C=O) groups is 2. The second-order valence-electron chi connectivity index (χ2n) is 7.69. The highest BCUT2D eigenvalue weighted by Crippen LogP contribution is 2.33. The van der Waals surface area contributed by atoms with Crippen molar-refractivity contribution in [2.24, 2.45) is 18.7 Å². The Hall–Kier alpha value is -4.27. The Labute approximate surface area is 193 Å². The Morgan fingerprint density at radius 3 is 2.76 bits per heavy atom. The number of amides is 2. The highest BCUT2D eigenvalue weighted by Gasteiger charge is 2.41. The number of fused-ring (bicyclic) bond motifs is 1. The van der Waals surface area contributed by atoms with Crippen molar-refractivity contribution in [3.05, 3.63) is 35.3 Å². The summed E-state index contributed by atoms with van der Waals surface area (Å²) >= 11 is 0. The third-order valence-electron chi connectivity index (χ3n) is 5.60. The number of hydrogen-bond acceptors (Lipinski definition) is 8. The van der Waals surface area contributed by atoms with E-state index in [1.807, 2.05) is 6.92 Å². The number of aryl methyl sites for hydroxylation is 1. The van der Waals surface area contributed by atoms with Gasteiger partial charge in [-0.2, -0.15) is 4.80 Å². The van der Waals surface area contributed by atoms with Gasteiger partial charge < -0.3 is 20.5 Å². The fourth-order valence-corrected chi connectivity index (χ4v) is 3.87. The quantitative estimate of drug-likeness (QED) is 0.499. The molecule has 1 saturated heterocycles. The summed E-state index contributed by atoms with van der Waals surface area (Å²) in [6.45, 7) is 1.83. The first kappa shape index (κ1) is 22.9. The van der Waals surface area contributed by atoms with E-state index in [9.17, 15) is 14.0 Å². The molecule has 176 valence electrons. The lowest BCUT2D eigenvalue weighted by atomic mass is 9.97. The molecule has 1 aromatic carbocycles. The number of aromatic nitrogens is 5. The van der Waals surface area contributed by atoms with Gasteiger partial charge in [0, 0.05) is 22.9 Å². The Morgan fingerprint density at radius 1 is 1.32 bits per heavy atom. The minimum atomic E-state index is -1.58. The monoisotopic (exact) mass is 467 g/mol. The van der Waals surface area contributed by atoms with Crippen LogP contribution in [0.5, 0.6) is 11.6 Å². The van der Waals surface area contributed by atoms with Gasteiger partial charge in [-0.25, -0.2) is 9.37 Å². The molecule has 11 nitrogen and oxygen atoms in total. The van der Waals surface area contributed by atoms with E-state index in [0.29, 0.717) is 22.8 Å². The van der Waals surface area contributed by atoms with E-state index in [1.165, 1.54) is 18.1 Å². The SMILES string of the molecule is CC[C@@H]1[C@H](F)C(=O)N[C@@H]1COc1ncc(C#Cc2nnn(C)n2)c2cc(C(N)=O)c(OC)cc12. The zero-order valence-corrected chi connectivity index (χ0v) is 18.7. The number of pyridine rings is 1. The first-order valence-electron chi connectivity index (χ1n) is 10.5. The minimum absolute atomic E-state index is 0.0151. The zero-order valence-electron chi connectivity index (χ0n) is 18.7. The van der Waals surface area contributed by atoms with Crippen LogP contribution in [-0.2, 0) is 11.8 Å². The average molecular weight is 467 g/mol. The van der Waals surface area contributed by atoms with Crippen LogP contribution in [-0.4, -0.2) is 62.9 Å². The van der Waals surface area contributed by atoms with Crippen molar-refractivity contribution in [1.29, 1.82) is 0 Å². The van der Waals surface area contributed by atoms with Gasteiger partial charge >= 0.3 is 0 Å². The van der Waals surface area contributed by atoms with Crippen LogP contribution in [0.3, 0.4) is 0 Å². The lowest BCUT2D eigenvalue weighted by Gasteiger charge is -2.19. The normalized spacial score (nSPS) is 19.4. The van der Waals surface area contributed by atoms with Crippen LogP contribution < -0.4 is 20.5 Å². The van der Waals surface area contributed by atoms with Crippen molar-refractivity contribution in [3.63, 3.8) is 0 Å². The number of nitrogens with two attached hydrogens (primary N) is 1. The molecular formula is C22H22FN7O4. The highest BCUT2D eigenvalue weighted by atomic mass is 19.1. The number of benzene rings is 1. The number of nitrogens with one attached hydrogen (secondary N) is 1. The summed E-state index contributed by atoms with van der Waals surface area (Å²) in [6, 6.07) is 2.62. The molecule has 2 aromatic heterocycles. The molecule has 1 aliphatic rings. The van der Waals surface area contributed by atoms with Crippen LogP contribution in [0.25, 0.3) is 10.8 Å². The van der Waals surface area contributed by atoms with Crippen molar-refractivity contribution in [2.45, 2.75) is 25.6 Å². The maximum Gasteiger partial charge on any atom is 0.255 e. The zero-order chi connectivity index (χ0) is 24.4. The molecule has 3 heterocycles. The third-order valence-corrected chi connectivity index (χ3v) is 5.60. The standard InChI is InChI=1S/C22H22FN7O4/c1-4-12-16(26-21(32)19(12)23)10-34-22-14-8-17(33-3)15(20(24)31)7-13(14)11(9-25-22)5-6-18-27-29-30(2)28-18/h7-9,12,16,19H,4,10H2,1-3H3,(H2,24,31)(H,26,32)/t12-,16+,19-/m0/s1. The Morgan fingerprint density at radius 2 is 2.12 bits per heavy atom. The van der Waals surface area contributed by atoms with Gasteiger partial charge in [0.15, 0.2) is 6.17 Å². The second kappa shape index (κ2) is 9.30. The maximum absolute atomic E-state index is 14.1. The summed E-state index contributed by atoms with van der Waals surface area (Å²) in [7, 11) is 3.03. The van der Waals surface area contributed by atoms with Gasteiger partial charge in [-0.15, -0.1) is 5.10 Å². The summed E-state index contributed by atoms with van der Waals surface area (Å²) in [4.78, 5) is 29.4. The van der Waals surface area contributed by atoms with Crippen molar-refractivity contribution >= 4 is 22.6 Å². The molecule has 0 spiro atoms. The molecule has 0 aliphatic carbocycles. The molecule has 2 amide bonds. The van der Waals surface area contributed by atoms with E-state index in [4.69, 9.17) is 15.2 Å². The highest BCUT2D eigenvalue weighted by molar-refractivity contribution is 6.03. The van der Waals surface area contributed by atoms with Crippen LogP contribution in [0, 0.1) is 17.8 Å². The van der Waals surface area contributed by atoms with E-state index in [0.717, 1.165) is 0 Å². The number of hydrogen-bond donors (Lipinski definition) is 2. The van der Waals surface area contributed by atoms with Crippen LogP contribution in [0.1, 0.15) is 35.1 Å². The molecule has 12 heteroatoms. The van der Waals surface area contributed by atoms with Gasteiger partial charge in [0.2, 0.25) is 11.7 Å². The number of rotatable bonds is 6. The number of halogens is 1. The number of tetrazole rings is 1. The van der Waals surface area contributed by atoms with Crippen molar-refractivity contribution < 1.29 is 23.5 Å². The number of carbonyl (C=O) groups excluding carboxylic acids is 2.